The number of rotatable bonds is 7. The third-order valence-corrected chi connectivity index (χ3v) is 6.84. The highest BCUT2D eigenvalue weighted by Gasteiger charge is 2.47. The Morgan fingerprint density at radius 3 is 2.67 bits per heavy atom. The number of methoxy groups -OCH3 is 1. The molecule has 2 unspecified atom stereocenters. The molecule has 39 heavy (non-hydrogen) atoms. The Morgan fingerprint density at radius 1 is 1.33 bits per heavy atom. The van der Waals surface area contributed by atoms with Gasteiger partial charge in [0.1, 0.15) is 23.1 Å². The van der Waals surface area contributed by atoms with Gasteiger partial charge in [0.2, 0.25) is 0 Å². The van der Waals surface area contributed by atoms with Gasteiger partial charge >= 0.3 is 6.09 Å². The zero-order valence-electron chi connectivity index (χ0n) is 20.8. The van der Waals surface area contributed by atoms with E-state index in [4.69, 9.17) is 5.73 Å². The van der Waals surface area contributed by atoms with Crippen molar-refractivity contribution in [2.75, 3.05) is 25.5 Å². The van der Waals surface area contributed by atoms with Gasteiger partial charge in [-0.05, 0) is 18.1 Å². The Morgan fingerprint density at radius 2 is 2.05 bits per heavy atom. The third-order valence-electron chi connectivity index (χ3n) is 6.84. The Balaban J connectivity index is 1.60. The quantitative estimate of drug-likeness (QED) is 0.413. The summed E-state index contributed by atoms with van der Waals surface area (Å²) in [6, 6.07) is 11.2. The zero-order valence-corrected chi connectivity index (χ0v) is 20.8. The van der Waals surface area contributed by atoms with E-state index < -0.39 is 46.7 Å². The van der Waals surface area contributed by atoms with Crippen LogP contribution in [0.5, 0.6) is 5.75 Å². The van der Waals surface area contributed by atoms with Crippen LogP contribution in [0.1, 0.15) is 28.8 Å². The molecule has 0 saturated carbocycles. The van der Waals surface area contributed by atoms with Crippen molar-refractivity contribution in [1.82, 2.24) is 14.7 Å². The Hall–Kier alpha value is -4.57. The first-order valence-electron chi connectivity index (χ1n) is 11.8. The Labute approximate surface area is 221 Å². The molecule has 4 N–H and O–H groups in total. The summed E-state index contributed by atoms with van der Waals surface area (Å²) >= 11 is 0. The number of alkyl halides is 1. The van der Waals surface area contributed by atoms with Crippen LogP contribution in [0, 0.1) is 23.0 Å². The number of nitrogens with one attached hydrogen (secondary N) is 1. The molecule has 0 spiro atoms. The van der Waals surface area contributed by atoms with Crippen molar-refractivity contribution < 1.29 is 32.6 Å². The van der Waals surface area contributed by atoms with Crippen LogP contribution in [0.2, 0.25) is 0 Å². The lowest BCUT2D eigenvalue weighted by molar-refractivity contribution is 0.00618. The minimum absolute atomic E-state index is 0.00953. The van der Waals surface area contributed by atoms with Crippen LogP contribution in [0.4, 0.5) is 23.8 Å². The molecule has 2 atom stereocenters. The highest BCUT2D eigenvalue weighted by molar-refractivity contribution is 6.00. The maximum Gasteiger partial charge on any atom is 0.412 e. The Bertz CT molecular complexity index is 1440. The summed E-state index contributed by atoms with van der Waals surface area (Å²) in [7, 11) is 1.10. The lowest BCUT2D eigenvalue weighted by Crippen LogP contribution is -2.54. The fourth-order valence-electron chi connectivity index (χ4n) is 4.69. The largest absolute Gasteiger partial charge is 0.504 e. The summed E-state index contributed by atoms with van der Waals surface area (Å²) in [5.41, 5.74) is 3.60. The molecule has 1 saturated heterocycles. The monoisotopic (exact) mass is 542 g/mol. The molecule has 1 aliphatic heterocycles. The minimum atomic E-state index is -1.78. The van der Waals surface area contributed by atoms with E-state index >= 15 is 13.2 Å². The molecule has 1 aliphatic rings. The number of nitriles is 1. The normalized spacial score (nSPS) is 19.3. The van der Waals surface area contributed by atoms with Crippen LogP contribution < -0.4 is 11.1 Å². The van der Waals surface area contributed by atoms with Crippen molar-refractivity contribution in [2.24, 2.45) is 5.73 Å². The van der Waals surface area contributed by atoms with Crippen molar-refractivity contribution in [3.63, 3.8) is 0 Å². The van der Waals surface area contributed by atoms with E-state index in [0.29, 0.717) is 5.56 Å². The molecular weight excluding hydrogens is 517 g/mol. The SMILES string of the molecule is COC(=O)Nc1nn(C2(CC#N)CCN(Cc3c(F)cc(-c4ccccc4)c(O)c3F)CC2F)cc1C(N)=O. The number of nitrogens with two attached hydrogens (primary N) is 1. The smallest absolute Gasteiger partial charge is 0.412 e. The molecule has 0 aliphatic carbocycles. The molecule has 204 valence electrons. The van der Waals surface area contributed by atoms with Crippen LogP contribution in [0.25, 0.3) is 11.1 Å². The molecule has 2 heterocycles. The van der Waals surface area contributed by atoms with Gasteiger partial charge in [-0.2, -0.15) is 10.4 Å². The number of aromatic hydroxyl groups is 1. The lowest BCUT2D eigenvalue weighted by atomic mass is 9.83. The number of anilines is 1. The second-order valence-corrected chi connectivity index (χ2v) is 9.12. The molecule has 4 rings (SSSR count). The van der Waals surface area contributed by atoms with Crippen molar-refractivity contribution in [1.29, 1.82) is 5.26 Å². The third kappa shape index (κ3) is 5.23. The maximum absolute atomic E-state index is 15.8. The number of likely N-dealkylation sites (tertiary alicyclic amines) is 1. The highest BCUT2D eigenvalue weighted by Crippen LogP contribution is 2.39. The number of carbonyl (C=O) groups is 2. The fraction of sp³-hybridized carbons (Fsp3) is 0.308. The standard InChI is InChI=1S/C26H25F3N6O4/c1-39-25(38)32-24-18(23(31)37)13-35(33-24)26(7-9-30)8-10-34(14-20(26)28)12-17-19(27)11-16(22(36)21(17)29)15-5-3-2-4-6-15/h2-6,11,13,20,36H,7-8,10,12,14H2,1H3,(H2,31,37)(H,32,33,38). The minimum Gasteiger partial charge on any atom is -0.504 e. The summed E-state index contributed by atoms with van der Waals surface area (Å²) in [6.45, 7) is -0.592. The maximum atomic E-state index is 15.8. The van der Waals surface area contributed by atoms with Gasteiger partial charge in [0.05, 0.1) is 19.6 Å². The fourth-order valence-corrected chi connectivity index (χ4v) is 4.69. The molecule has 0 bridgehead atoms. The summed E-state index contributed by atoms with van der Waals surface area (Å²) < 4.78 is 51.5. The Kier molecular flexibility index (Phi) is 7.78. The second kappa shape index (κ2) is 11.0. The number of nitrogens with zero attached hydrogens (tertiary/aromatic N) is 4. The number of primary amides is 1. The second-order valence-electron chi connectivity index (χ2n) is 9.12. The average Bonchev–Trinajstić information content (AvgIpc) is 3.35. The van der Waals surface area contributed by atoms with Gasteiger partial charge in [-0.15, -0.1) is 0 Å². The van der Waals surface area contributed by atoms with Crippen LogP contribution >= 0.6 is 0 Å². The number of hydrogen-bond acceptors (Lipinski definition) is 7. The summed E-state index contributed by atoms with van der Waals surface area (Å²) in [5, 5.41) is 26.3. The molecule has 0 radical (unpaired) electrons. The van der Waals surface area contributed by atoms with Crippen molar-refractivity contribution >= 4 is 17.8 Å². The average molecular weight is 543 g/mol. The van der Waals surface area contributed by atoms with Gasteiger partial charge in [-0.1, -0.05) is 30.3 Å². The van der Waals surface area contributed by atoms with Crippen LogP contribution in [-0.4, -0.2) is 58.2 Å². The van der Waals surface area contributed by atoms with E-state index in [-0.39, 0.29) is 49.4 Å². The number of phenolic OH excluding ortho intramolecular Hbond substituents is 1. The molecular formula is C26H25F3N6O4. The number of benzene rings is 2. The number of phenols is 1. The molecule has 10 nitrogen and oxygen atoms in total. The van der Waals surface area contributed by atoms with Gasteiger partial charge in [0, 0.05) is 37.0 Å². The molecule has 1 aromatic heterocycles. The number of halogens is 3. The van der Waals surface area contributed by atoms with Gasteiger partial charge in [0.25, 0.3) is 5.91 Å². The van der Waals surface area contributed by atoms with Crippen molar-refractivity contribution in [3.05, 3.63) is 65.4 Å². The van der Waals surface area contributed by atoms with Crippen LogP contribution in [0.15, 0.2) is 42.6 Å². The summed E-state index contributed by atoms with van der Waals surface area (Å²) in [4.78, 5) is 25.0. The molecule has 1 fully saturated rings. The predicted molar refractivity (Wildman–Crippen MR) is 133 cm³/mol. The van der Waals surface area contributed by atoms with E-state index in [1.54, 1.807) is 30.3 Å². The van der Waals surface area contributed by atoms with Crippen molar-refractivity contribution in [3.8, 4) is 22.9 Å². The van der Waals surface area contributed by atoms with E-state index in [9.17, 15) is 20.0 Å². The van der Waals surface area contributed by atoms with Crippen LogP contribution in [-0.2, 0) is 16.8 Å². The first kappa shape index (κ1) is 27.5. The van der Waals surface area contributed by atoms with Gasteiger partial charge in [0.15, 0.2) is 17.4 Å². The number of aromatic nitrogens is 2. The highest BCUT2D eigenvalue weighted by atomic mass is 19.1. The van der Waals surface area contributed by atoms with E-state index in [1.807, 2.05) is 6.07 Å². The van der Waals surface area contributed by atoms with Gasteiger partial charge < -0.3 is 15.6 Å². The van der Waals surface area contributed by atoms with Gasteiger partial charge in [-0.25, -0.2) is 18.0 Å². The zero-order chi connectivity index (χ0) is 28.3. The summed E-state index contributed by atoms with van der Waals surface area (Å²) in [5.74, 6) is -3.97. The first-order chi connectivity index (χ1) is 18.6. The van der Waals surface area contributed by atoms with E-state index in [0.717, 1.165) is 24.1 Å². The number of hydrogen-bond donors (Lipinski definition) is 3. The lowest BCUT2D eigenvalue weighted by Gasteiger charge is -2.43. The molecule has 2 amide bonds. The number of carbonyl (C=O) groups excluding carboxylic acids is 2. The van der Waals surface area contributed by atoms with Gasteiger partial charge in [-0.3, -0.25) is 19.7 Å². The van der Waals surface area contributed by atoms with E-state index in [1.165, 1.54) is 4.90 Å². The molecule has 3 aromatic rings. The molecule has 2 aromatic carbocycles. The summed E-state index contributed by atoms with van der Waals surface area (Å²) in [6.07, 6.45) is -1.95. The number of amides is 2. The predicted octanol–water partition coefficient (Wildman–Crippen LogP) is 3.66. The topological polar surface area (TPSA) is 146 Å². The number of ether oxygens (including phenoxy) is 1. The number of piperidine rings is 1. The van der Waals surface area contributed by atoms with E-state index in [2.05, 4.69) is 15.2 Å². The van der Waals surface area contributed by atoms with Crippen molar-refractivity contribution in [2.45, 2.75) is 31.1 Å². The first-order valence-corrected chi connectivity index (χ1v) is 11.8. The molecule has 13 heteroatoms. The van der Waals surface area contributed by atoms with Crippen LogP contribution in [0.3, 0.4) is 0 Å².